The maximum absolute atomic E-state index is 10.1. The molecule has 0 spiro atoms. The molecule has 4 nitrogen and oxygen atoms in total. The first-order chi connectivity index (χ1) is 11.8. The number of fused-ring (bicyclic) bond motifs is 5. The molecule has 138 valence electrons. The Morgan fingerprint density at radius 2 is 1.96 bits per heavy atom. The third-order valence-corrected chi connectivity index (χ3v) is 8.21. The summed E-state index contributed by atoms with van der Waals surface area (Å²) in [6, 6.07) is 0. The van der Waals surface area contributed by atoms with Gasteiger partial charge in [-0.25, -0.2) is 0 Å². The van der Waals surface area contributed by atoms with E-state index in [0.717, 1.165) is 37.5 Å². The Morgan fingerprint density at radius 3 is 2.72 bits per heavy atom. The van der Waals surface area contributed by atoms with E-state index >= 15 is 0 Å². The standard InChI is InChI=1S/C20H31N3OS/c1-19-9-7-13(24)11-12(19)3-4-14-15-5-6-17(22-23-18(21)25)20(15,2)10-8-16(14)19/h3,13-16,24H,4-11H2,1-2H3,(H3,21,23,25)/b22-17-/t13?,14?,15?,16?,19-,20-/m0/s1. The van der Waals surface area contributed by atoms with Crippen LogP contribution < -0.4 is 11.2 Å². The molecule has 0 aliphatic heterocycles. The lowest BCUT2D eigenvalue weighted by molar-refractivity contribution is -0.0209. The quantitative estimate of drug-likeness (QED) is 0.380. The summed E-state index contributed by atoms with van der Waals surface area (Å²) in [6.45, 7) is 4.88. The first kappa shape index (κ1) is 17.5. The van der Waals surface area contributed by atoms with Crippen molar-refractivity contribution >= 4 is 23.0 Å². The molecule has 0 heterocycles. The van der Waals surface area contributed by atoms with E-state index < -0.39 is 0 Å². The van der Waals surface area contributed by atoms with Gasteiger partial charge in [0, 0.05) is 11.1 Å². The summed E-state index contributed by atoms with van der Waals surface area (Å²) in [4.78, 5) is 0. The molecule has 3 fully saturated rings. The lowest BCUT2D eigenvalue weighted by atomic mass is 9.48. The Hall–Kier alpha value is -0.940. The van der Waals surface area contributed by atoms with Crippen molar-refractivity contribution in [1.82, 2.24) is 5.43 Å². The predicted octanol–water partition coefficient (Wildman–Crippen LogP) is 3.50. The molecule has 4 N–H and O–H groups in total. The van der Waals surface area contributed by atoms with Gasteiger partial charge in [0.05, 0.1) is 6.10 Å². The van der Waals surface area contributed by atoms with Gasteiger partial charge in [0.25, 0.3) is 0 Å². The zero-order valence-electron chi connectivity index (χ0n) is 15.4. The molecule has 4 unspecified atom stereocenters. The first-order valence-corrected chi connectivity index (χ1v) is 10.3. The highest BCUT2D eigenvalue weighted by Gasteiger charge is 2.57. The van der Waals surface area contributed by atoms with Crippen molar-refractivity contribution in [2.24, 2.45) is 39.4 Å². The Bertz CT molecular complexity index is 645. The summed E-state index contributed by atoms with van der Waals surface area (Å²) >= 11 is 4.93. The fourth-order valence-corrected chi connectivity index (χ4v) is 6.78. The molecule has 25 heavy (non-hydrogen) atoms. The Kier molecular flexibility index (Phi) is 4.23. The number of nitrogens with zero attached hydrogens (tertiary/aromatic N) is 1. The van der Waals surface area contributed by atoms with Crippen LogP contribution in [0.2, 0.25) is 0 Å². The number of hydrogen-bond donors (Lipinski definition) is 3. The van der Waals surface area contributed by atoms with E-state index in [1.54, 1.807) is 0 Å². The number of aliphatic hydroxyl groups excluding tert-OH is 1. The summed E-state index contributed by atoms with van der Waals surface area (Å²) in [5, 5.41) is 14.9. The Balaban J connectivity index is 1.62. The van der Waals surface area contributed by atoms with E-state index in [9.17, 15) is 5.11 Å². The average Bonchev–Trinajstić information content (AvgIpc) is 2.90. The summed E-state index contributed by atoms with van der Waals surface area (Å²) in [5.74, 6) is 2.22. The molecule has 0 bridgehead atoms. The molecule has 4 aliphatic carbocycles. The van der Waals surface area contributed by atoms with Crippen molar-refractivity contribution in [3.63, 3.8) is 0 Å². The number of hydrazone groups is 1. The van der Waals surface area contributed by atoms with Crippen LogP contribution in [0.15, 0.2) is 16.8 Å². The Labute approximate surface area is 156 Å². The van der Waals surface area contributed by atoms with Crippen LogP contribution in [0.4, 0.5) is 0 Å². The van der Waals surface area contributed by atoms with Crippen LogP contribution in [0.25, 0.3) is 0 Å². The number of nitrogens with two attached hydrogens (primary N) is 1. The highest BCUT2D eigenvalue weighted by molar-refractivity contribution is 7.80. The van der Waals surface area contributed by atoms with Crippen LogP contribution in [0.5, 0.6) is 0 Å². The second-order valence-corrected chi connectivity index (χ2v) is 9.63. The lowest BCUT2D eigenvalue weighted by Crippen LogP contribution is -2.50. The largest absolute Gasteiger partial charge is 0.393 e. The third kappa shape index (κ3) is 2.66. The second-order valence-electron chi connectivity index (χ2n) is 9.19. The van der Waals surface area contributed by atoms with Crippen LogP contribution in [-0.4, -0.2) is 22.0 Å². The summed E-state index contributed by atoms with van der Waals surface area (Å²) in [7, 11) is 0. The molecular formula is C20H31N3OS. The molecule has 0 aromatic rings. The maximum atomic E-state index is 10.1. The van der Waals surface area contributed by atoms with Gasteiger partial charge in [-0.15, -0.1) is 0 Å². The van der Waals surface area contributed by atoms with Gasteiger partial charge < -0.3 is 10.8 Å². The molecule has 0 saturated heterocycles. The van der Waals surface area contributed by atoms with E-state index in [1.807, 2.05) is 0 Å². The average molecular weight is 362 g/mol. The number of thiocarbonyl (C=S) groups is 1. The van der Waals surface area contributed by atoms with Gasteiger partial charge in [-0.1, -0.05) is 25.5 Å². The minimum absolute atomic E-state index is 0.124. The molecule has 4 rings (SSSR count). The SMILES string of the molecule is C[C@]12CCC(O)CC1=CCC1C2CC[C@]2(C)/C(=N\NC(N)=S)CCC12. The number of allylic oxidation sites excluding steroid dienone is 1. The molecule has 4 aliphatic rings. The molecule has 6 atom stereocenters. The minimum Gasteiger partial charge on any atom is -0.393 e. The Morgan fingerprint density at radius 1 is 1.24 bits per heavy atom. The fourth-order valence-electron chi connectivity index (χ4n) is 6.74. The van der Waals surface area contributed by atoms with E-state index in [-0.39, 0.29) is 16.6 Å². The molecule has 3 saturated carbocycles. The van der Waals surface area contributed by atoms with Crippen LogP contribution in [0.3, 0.4) is 0 Å². The van der Waals surface area contributed by atoms with Crippen molar-refractivity contribution in [3.05, 3.63) is 11.6 Å². The van der Waals surface area contributed by atoms with E-state index in [2.05, 4.69) is 30.5 Å². The molecule has 0 radical (unpaired) electrons. The van der Waals surface area contributed by atoms with Gasteiger partial charge in [0.2, 0.25) is 0 Å². The predicted molar refractivity (Wildman–Crippen MR) is 105 cm³/mol. The molecule has 0 amide bonds. The smallest absolute Gasteiger partial charge is 0.184 e. The van der Waals surface area contributed by atoms with E-state index in [0.29, 0.717) is 11.3 Å². The monoisotopic (exact) mass is 361 g/mol. The third-order valence-electron chi connectivity index (χ3n) is 8.12. The number of aliphatic hydroxyl groups is 1. The van der Waals surface area contributed by atoms with Gasteiger partial charge in [-0.05, 0) is 86.8 Å². The highest BCUT2D eigenvalue weighted by Crippen LogP contribution is 2.64. The van der Waals surface area contributed by atoms with Gasteiger partial charge in [0.15, 0.2) is 5.11 Å². The minimum atomic E-state index is -0.124. The highest BCUT2D eigenvalue weighted by atomic mass is 32.1. The summed E-state index contributed by atoms with van der Waals surface area (Å²) < 4.78 is 0. The second kappa shape index (κ2) is 6.05. The van der Waals surface area contributed by atoms with Crippen molar-refractivity contribution in [1.29, 1.82) is 0 Å². The zero-order chi connectivity index (χ0) is 17.8. The van der Waals surface area contributed by atoms with Crippen LogP contribution >= 0.6 is 12.2 Å². The normalized spacial score (nSPS) is 47.5. The van der Waals surface area contributed by atoms with E-state index in [4.69, 9.17) is 18.0 Å². The maximum Gasteiger partial charge on any atom is 0.184 e. The number of hydrogen-bond acceptors (Lipinski definition) is 3. The lowest BCUT2D eigenvalue weighted by Gasteiger charge is -2.57. The van der Waals surface area contributed by atoms with Gasteiger partial charge in [0.1, 0.15) is 0 Å². The zero-order valence-corrected chi connectivity index (χ0v) is 16.2. The molecule has 0 aromatic heterocycles. The molecule has 5 heteroatoms. The van der Waals surface area contributed by atoms with Crippen molar-refractivity contribution in [2.45, 2.75) is 71.3 Å². The van der Waals surface area contributed by atoms with Crippen molar-refractivity contribution in [3.8, 4) is 0 Å². The first-order valence-electron chi connectivity index (χ1n) is 9.84. The number of nitrogens with one attached hydrogen (secondary N) is 1. The molecular weight excluding hydrogens is 330 g/mol. The van der Waals surface area contributed by atoms with Crippen LogP contribution in [0, 0.1) is 28.6 Å². The van der Waals surface area contributed by atoms with Crippen molar-refractivity contribution in [2.75, 3.05) is 0 Å². The van der Waals surface area contributed by atoms with Gasteiger partial charge in [-0.3, -0.25) is 5.43 Å². The van der Waals surface area contributed by atoms with Crippen molar-refractivity contribution < 1.29 is 5.11 Å². The van der Waals surface area contributed by atoms with Crippen LogP contribution in [0.1, 0.15) is 65.2 Å². The van der Waals surface area contributed by atoms with E-state index in [1.165, 1.54) is 37.0 Å². The molecule has 0 aromatic carbocycles. The van der Waals surface area contributed by atoms with Gasteiger partial charge in [-0.2, -0.15) is 5.10 Å². The number of rotatable bonds is 1. The van der Waals surface area contributed by atoms with Gasteiger partial charge >= 0.3 is 0 Å². The summed E-state index contributed by atoms with van der Waals surface area (Å²) in [5.41, 5.74) is 11.7. The topological polar surface area (TPSA) is 70.6 Å². The fraction of sp³-hybridized carbons (Fsp3) is 0.800. The summed E-state index contributed by atoms with van der Waals surface area (Å²) in [6.07, 6.45) is 11.3. The van der Waals surface area contributed by atoms with Crippen LogP contribution in [-0.2, 0) is 0 Å².